The molecule has 0 atom stereocenters. The molecule has 6 N–H and O–H groups in total. The molecule has 138 valence electrons. The zero-order valence-electron chi connectivity index (χ0n) is 15.5. The van der Waals surface area contributed by atoms with Crippen molar-refractivity contribution in [2.75, 3.05) is 17.2 Å². The molecule has 0 aliphatic carbocycles. The number of nitrogen functional groups attached to an aromatic ring is 3. The average Bonchev–Trinajstić information content (AvgIpc) is 2.73. The molecule has 0 bridgehead atoms. The molecule has 0 aromatic heterocycles. The number of rotatable bonds is 4. The molecule has 0 saturated carbocycles. The topological polar surface area (TPSA) is 78.1 Å². The number of benzene rings is 4. The van der Waals surface area contributed by atoms with Gasteiger partial charge in [-0.3, -0.25) is 0 Å². The summed E-state index contributed by atoms with van der Waals surface area (Å²) in [6, 6.07) is 35.5. The standard InChI is InChI=1S/C24H23N3Si/c25-18-6-12-22(13-7-18)28(21-4-2-1-3-5-21,23-14-8-19(26)9-15-23)24-16-10-20(27)11-17-24/h1-17H,25-27H2. The molecule has 0 amide bonds. The first kappa shape index (κ1) is 17.9. The summed E-state index contributed by atoms with van der Waals surface area (Å²) in [5.41, 5.74) is 20.3. The fourth-order valence-electron chi connectivity index (χ4n) is 3.89. The zero-order chi connectivity index (χ0) is 19.6. The second-order valence-corrected chi connectivity index (χ2v) is 10.8. The summed E-state index contributed by atoms with van der Waals surface area (Å²) in [7, 11) is -2.54. The van der Waals surface area contributed by atoms with Crippen LogP contribution in [0.15, 0.2) is 103 Å². The lowest BCUT2D eigenvalue weighted by molar-refractivity contribution is 1.65. The van der Waals surface area contributed by atoms with Gasteiger partial charge in [0.2, 0.25) is 0 Å². The Morgan fingerprint density at radius 3 is 0.964 bits per heavy atom. The van der Waals surface area contributed by atoms with Crippen molar-refractivity contribution in [1.82, 2.24) is 0 Å². The molecule has 4 heteroatoms. The van der Waals surface area contributed by atoms with Crippen molar-refractivity contribution >= 4 is 45.9 Å². The predicted molar refractivity (Wildman–Crippen MR) is 123 cm³/mol. The molecule has 4 aromatic carbocycles. The number of hydrogen-bond donors (Lipinski definition) is 3. The molecular formula is C24H23N3Si. The molecule has 0 aliphatic heterocycles. The van der Waals surface area contributed by atoms with E-state index < -0.39 is 8.07 Å². The van der Waals surface area contributed by atoms with E-state index in [9.17, 15) is 0 Å². The third-order valence-corrected chi connectivity index (χ3v) is 10.0. The Kier molecular flexibility index (Phi) is 4.63. The lowest BCUT2D eigenvalue weighted by Gasteiger charge is -2.34. The minimum absolute atomic E-state index is 0.759. The predicted octanol–water partition coefficient (Wildman–Crippen LogP) is 1.81. The smallest absolute Gasteiger partial charge is 0.179 e. The monoisotopic (exact) mass is 381 g/mol. The lowest BCUT2D eigenvalue weighted by atomic mass is 10.3. The molecule has 4 aromatic rings. The average molecular weight is 382 g/mol. The van der Waals surface area contributed by atoms with E-state index >= 15 is 0 Å². The van der Waals surface area contributed by atoms with Gasteiger partial charge in [0, 0.05) is 17.1 Å². The van der Waals surface area contributed by atoms with Crippen molar-refractivity contribution in [1.29, 1.82) is 0 Å². The van der Waals surface area contributed by atoms with Crippen LogP contribution in [0.25, 0.3) is 0 Å². The van der Waals surface area contributed by atoms with Gasteiger partial charge in [0.15, 0.2) is 8.07 Å². The molecular weight excluding hydrogens is 358 g/mol. The van der Waals surface area contributed by atoms with Crippen LogP contribution < -0.4 is 37.9 Å². The van der Waals surface area contributed by atoms with Crippen molar-refractivity contribution in [2.24, 2.45) is 0 Å². The summed E-state index contributed by atoms with van der Waals surface area (Å²) in [5, 5.41) is 5.10. The molecule has 0 radical (unpaired) electrons. The Labute approximate surface area is 166 Å². The van der Waals surface area contributed by atoms with Crippen LogP contribution in [0, 0.1) is 0 Å². The normalized spacial score (nSPS) is 11.3. The van der Waals surface area contributed by atoms with E-state index in [4.69, 9.17) is 17.2 Å². The van der Waals surface area contributed by atoms with Crippen LogP contribution in [0.2, 0.25) is 0 Å². The van der Waals surface area contributed by atoms with Gasteiger partial charge in [-0.05, 0) is 57.1 Å². The van der Waals surface area contributed by atoms with Crippen molar-refractivity contribution in [3.8, 4) is 0 Å². The minimum atomic E-state index is -2.54. The summed E-state index contributed by atoms with van der Waals surface area (Å²) < 4.78 is 0. The van der Waals surface area contributed by atoms with Crippen molar-refractivity contribution in [3.63, 3.8) is 0 Å². The Morgan fingerprint density at radius 2 is 0.643 bits per heavy atom. The minimum Gasteiger partial charge on any atom is -0.399 e. The van der Waals surface area contributed by atoms with Crippen LogP contribution in [0.5, 0.6) is 0 Å². The molecule has 28 heavy (non-hydrogen) atoms. The highest BCUT2D eigenvalue weighted by molar-refractivity contribution is 7.19. The summed E-state index contributed by atoms with van der Waals surface area (Å²) in [6.45, 7) is 0. The molecule has 0 aliphatic rings. The zero-order valence-corrected chi connectivity index (χ0v) is 16.5. The van der Waals surface area contributed by atoms with E-state index in [2.05, 4.69) is 66.7 Å². The van der Waals surface area contributed by atoms with Crippen molar-refractivity contribution < 1.29 is 0 Å². The summed E-state index contributed by atoms with van der Waals surface area (Å²) in [6.07, 6.45) is 0. The van der Waals surface area contributed by atoms with Crippen LogP contribution >= 0.6 is 0 Å². The maximum Gasteiger partial charge on any atom is 0.179 e. The van der Waals surface area contributed by atoms with Gasteiger partial charge in [-0.1, -0.05) is 66.7 Å². The Bertz CT molecular complexity index is 947. The van der Waals surface area contributed by atoms with Crippen LogP contribution in [0.3, 0.4) is 0 Å². The fraction of sp³-hybridized carbons (Fsp3) is 0. The highest BCUT2D eigenvalue weighted by Gasteiger charge is 2.41. The second-order valence-electron chi connectivity index (χ2n) is 6.98. The van der Waals surface area contributed by atoms with Gasteiger partial charge < -0.3 is 17.2 Å². The first-order chi connectivity index (χ1) is 13.6. The van der Waals surface area contributed by atoms with E-state index in [1.165, 1.54) is 20.7 Å². The Morgan fingerprint density at radius 1 is 0.357 bits per heavy atom. The highest BCUT2D eigenvalue weighted by Crippen LogP contribution is 2.13. The van der Waals surface area contributed by atoms with E-state index in [0.717, 1.165) is 17.1 Å². The maximum atomic E-state index is 6.01. The van der Waals surface area contributed by atoms with Crippen LogP contribution in [-0.2, 0) is 0 Å². The Balaban J connectivity index is 2.11. The van der Waals surface area contributed by atoms with Crippen molar-refractivity contribution in [3.05, 3.63) is 103 Å². The molecule has 0 fully saturated rings. The van der Waals surface area contributed by atoms with Crippen LogP contribution in [-0.4, -0.2) is 8.07 Å². The first-order valence-corrected chi connectivity index (χ1v) is 11.2. The van der Waals surface area contributed by atoms with E-state index in [-0.39, 0.29) is 0 Å². The number of nitrogens with two attached hydrogens (primary N) is 3. The van der Waals surface area contributed by atoms with Gasteiger partial charge in [0.25, 0.3) is 0 Å². The largest absolute Gasteiger partial charge is 0.399 e. The highest BCUT2D eigenvalue weighted by atomic mass is 28.3. The Hall–Kier alpha value is -3.50. The second kappa shape index (κ2) is 7.25. The third-order valence-electron chi connectivity index (χ3n) is 5.24. The van der Waals surface area contributed by atoms with Gasteiger partial charge >= 0.3 is 0 Å². The molecule has 3 nitrogen and oxygen atoms in total. The third kappa shape index (κ3) is 3.04. The SMILES string of the molecule is Nc1ccc([Si](c2ccccc2)(c2ccc(N)cc2)c2ccc(N)cc2)cc1. The van der Waals surface area contributed by atoms with Gasteiger partial charge in [0.1, 0.15) is 0 Å². The molecule has 0 saturated heterocycles. The van der Waals surface area contributed by atoms with Gasteiger partial charge in [-0.25, -0.2) is 0 Å². The lowest BCUT2D eigenvalue weighted by Crippen LogP contribution is -2.74. The summed E-state index contributed by atoms with van der Waals surface area (Å²) in [4.78, 5) is 0. The van der Waals surface area contributed by atoms with Crippen LogP contribution in [0.1, 0.15) is 0 Å². The maximum absolute atomic E-state index is 6.01. The first-order valence-electron chi connectivity index (χ1n) is 9.24. The molecule has 0 unspecified atom stereocenters. The summed E-state index contributed by atoms with van der Waals surface area (Å²) in [5.74, 6) is 0. The van der Waals surface area contributed by atoms with Crippen LogP contribution in [0.4, 0.5) is 17.1 Å². The van der Waals surface area contributed by atoms with E-state index in [0.29, 0.717) is 0 Å². The van der Waals surface area contributed by atoms with E-state index in [1.807, 2.05) is 36.4 Å². The number of anilines is 3. The van der Waals surface area contributed by atoms with E-state index in [1.54, 1.807) is 0 Å². The molecule has 0 heterocycles. The van der Waals surface area contributed by atoms with Crippen molar-refractivity contribution in [2.45, 2.75) is 0 Å². The fourth-order valence-corrected chi connectivity index (χ4v) is 8.58. The molecule has 0 spiro atoms. The van der Waals surface area contributed by atoms with Gasteiger partial charge in [-0.15, -0.1) is 0 Å². The van der Waals surface area contributed by atoms with Gasteiger partial charge in [-0.2, -0.15) is 0 Å². The van der Waals surface area contributed by atoms with Gasteiger partial charge in [0.05, 0.1) is 0 Å². The number of hydrogen-bond acceptors (Lipinski definition) is 3. The summed E-state index contributed by atoms with van der Waals surface area (Å²) >= 11 is 0. The quantitative estimate of drug-likeness (QED) is 0.287. The molecule has 4 rings (SSSR count).